The molecule has 3 nitrogen and oxygen atoms in total. The quantitative estimate of drug-likeness (QED) is 0.752. The van der Waals surface area contributed by atoms with E-state index in [2.05, 4.69) is 10.1 Å². The Morgan fingerprint density at radius 3 is 2.50 bits per heavy atom. The molecule has 0 spiro atoms. The molecule has 0 fully saturated rings. The Labute approximate surface area is 89.9 Å². The molecule has 0 radical (unpaired) electrons. The van der Waals surface area contributed by atoms with E-state index in [9.17, 15) is 13.2 Å². The van der Waals surface area contributed by atoms with Crippen LogP contribution in [0.4, 0.5) is 13.2 Å². The molecule has 16 heavy (non-hydrogen) atoms. The fourth-order valence-corrected chi connectivity index (χ4v) is 1.65. The fraction of sp³-hybridized carbons (Fsp3) is 0.400. The highest BCUT2D eigenvalue weighted by Crippen LogP contribution is 2.34. The van der Waals surface area contributed by atoms with Gasteiger partial charge in [0.05, 0.1) is 0 Å². The number of halogens is 3. The number of hydrogen-bond donors (Lipinski definition) is 0. The number of fused-ring (bicyclic) bond motifs is 1. The molecule has 0 unspecified atom stereocenters. The second-order valence-electron chi connectivity index (χ2n) is 3.82. The van der Waals surface area contributed by atoms with Crippen LogP contribution >= 0.6 is 0 Å². The maximum Gasteiger partial charge on any atom is 0.433 e. The second kappa shape index (κ2) is 3.47. The van der Waals surface area contributed by atoms with Crippen LogP contribution in [0.25, 0.3) is 5.65 Å². The van der Waals surface area contributed by atoms with Crippen LogP contribution < -0.4 is 0 Å². The van der Waals surface area contributed by atoms with Crippen LogP contribution in [0.3, 0.4) is 0 Å². The fourth-order valence-electron chi connectivity index (χ4n) is 1.65. The smallest absolute Gasteiger partial charge is 0.215 e. The van der Waals surface area contributed by atoms with Gasteiger partial charge in [0.25, 0.3) is 0 Å². The number of rotatable bonds is 1. The summed E-state index contributed by atoms with van der Waals surface area (Å²) in [5.74, 6) is -0.217. The lowest BCUT2D eigenvalue weighted by molar-refractivity contribution is -0.143. The van der Waals surface area contributed by atoms with E-state index in [1.165, 1.54) is 12.1 Å². The molecule has 86 valence electrons. The van der Waals surface area contributed by atoms with Crippen LogP contribution in [0.2, 0.25) is 0 Å². The highest BCUT2D eigenvalue weighted by atomic mass is 19.4. The van der Waals surface area contributed by atoms with Crippen LogP contribution in [0.1, 0.15) is 31.0 Å². The molecule has 2 heterocycles. The van der Waals surface area contributed by atoms with Gasteiger partial charge in [-0.3, -0.25) is 0 Å². The minimum Gasteiger partial charge on any atom is -0.215 e. The van der Waals surface area contributed by atoms with Gasteiger partial charge >= 0.3 is 6.18 Å². The maximum atomic E-state index is 12.9. The molecular formula is C10H10F3N3. The Morgan fingerprint density at radius 2 is 1.94 bits per heavy atom. The zero-order valence-electron chi connectivity index (χ0n) is 8.78. The molecule has 0 aromatic carbocycles. The minimum atomic E-state index is -4.42. The van der Waals surface area contributed by atoms with Crippen molar-refractivity contribution in [2.45, 2.75) is 25.9 Å². The average molecular weight is 229 g/mol. The zero-order valence-corrected chi connectivity index (χ0v) is 8.78. The lowest BCUT2D eigenvalue weighted by Crippen LogP contribution is -2.16. The van der Waals surface area contributed by atoms with Crippen molar-refractivity contribution < 1.29 is 13.2 Å². The summed E-state index contributed by atoms with van der Waals surface area (Å²) in [6.45, 7) is 3.43. The normalized spacial score (nSPS) is 12.6. The third-order valence-electron chi connectivity index (χ3n) is 2.36. The minimum absolute atomic E-state index is 0.205. The summed E-state index contributed by atoms with van der Waals surface area (Å²) >= 11 is 0. The van der Waals surface area contributed by atoms with Crippen LogP contribution in [0.5, 0.6) is 0 Å². The molecular weight excluding hydrogens is 219 g/mol. The van der Waals surface area contributed by atoms with Gasteiger partial charge in [0.15, 0.2) is 11.3 Å². The van der Waals surface area contributed by atoms with Gasteiger partial charge in [-0.05, 0) is 17.5 Å². The van der Waals surface area contributed by atoms with Gasteiger partial charge in [-0.1, -0.05) is 19.9 Å². The van der Waals surface area contributed by atoms with Gasteiger partial charge < -0.3 is 0 Å². The Balaban J connectivity index is 2.81. The van der Waals surface area contributed by atoms with Crippen LogP contribution in [-0.4, -0.2) is 14.6 Å². The van der Waals surface area contributed by atoms with E-state index < -0.39 is 11.9 Å². The van der Waals surface area contributed by atoms with Crippen molar-refractivity contribution in [3.63, 3.8) is 0 Å². The maximum absolute atomic E-state index is 12.9. The standard InChI is InChI=1S/C10H10F3N3/c1-6(2)7-3-4-8-14-5-15-16(8)9(7)10(11,12)13/h3-6H,1-2H3. The molecule has 0 aliphatic heterocycles. The van der Waals surface area contributed by atoms with Crippen LogP contribution in [0, 0.1) is 0 Å². The van der Waals surface area contributed by atoms with Gasteiger partial charge in [-0.25, -0.2) is 9.50 Å². The summed E-state index contributed by atoms with van der Waals surface area (Å²) in [6.07, 6.45) is -3.30. The van der Waals surface area contributed by atoms with Crippen molar-refractivity contribution in [2.24, 2.45) is 0 Å². The second-order valence-corrected chi connectivity index (χ2v) is 3.82. The molecule has 0 N–H and O–H groups in total. The van der Waals surface area contributed by atoms with E-state index in [4.69, 9.17) is 0 Å². The molecule has 0 amide bonds. The molecule has 2 aromatic rings. The van der Waals surface area contributed by atoms with Crippen LogP contribution in [-0.2, 0) is 6.18 Å². The van der Waals surface area contributed by atoms with E-state index in [1.807, 2.05) is 0 Å². The van der Waals surface area contributed by atoms with Gasteiger partial charge in [0.2, 0.25) is 0 Å². The Bertz CT molecular complexity index is 513. The third-order valence-corrected chi connectivity index (χ3v) is 2.36. The topological polar surface area (TPSA) is 30.2 Å². The predicted molar refractivity (Wildman–Crippen MR) is 52.1 cm³/mol. The first-order valence-electron chi connectivity index (χ1n) is 4.81. The van der Waals surface area contributed by atoms with Gasteiger partial charge in [-0.2, -0.15) is 18.3 Å². The summed E-state index contributed by atoms with van der Waals surface area (Å²) in [5.41, 5.74) is -0.306. The van der Waals surface area contributed by atoms with E-state index in [1.54, 1.807) is 13.8 Å². The molecule has 0 saturated carbocycles. The molecule has 0 saturated heterocycles. The molecule has 0 bridgehead atoms. The van der Waals surface area contributed by atoms with Crippen molar-refractivity contribution >= 4 is 5.65 Å². The lowest BCUT2D eigenvalue weighted by atomic mass is 10.0. The molecule has 0 aliphatic rings. The Morgan fingerprint density at radius 1 is 1.25 bits per heavy atom. The summed E-state index contributed by atoms with van der Waals surface area (Å²) in [6, 6.07) is 3.00. The van der Waals surface area contributed by atoms with Gasteiger partial charge in [0, 0.05) is 0 Å². The van der Waals surface area contributed by atoms with E-state index in [-0.39, 0.29) is 17.1 Å². The Hall–Kier alpha value is -1.59. The van der Waals surface area contributed by atoms with E-state index >= 15 is 0 Å². The summed E-state index contributed by atoms with van der Waals surface area (Å²) in [7, 11) is 0. The number of nitrogens with zero attached hydrogens (tertiary/aromatic N) is 3. The molecule has 0 atom stereocenters. The van der Waals surface area contributed by atoms with E-state index in [0.717, 1.165) is 10.8 Å². The highest BCUT2D eigenvalue weighted by molar-refractivity contribution is 5.43. The Kier molecular flexibility index (Phi) is 2.36. The van der Waals surface area contributed by atoms with E-state index in [0.29, 0.717) is 0 Å². The van der Waals surface area contributed by atoms with Crippen molar-refractivity contribution in [3.05, 3.63) is 29.7 Å². The predicted octanol–water partition coefficient (Wildman–Crippen LogP) is 2.87. The van der Waals surface area contributed by atoms with Crippen molar-refractivity contribution in [3.8, 4) is 0 Å². The lowest BCUT2D eigenvalue weighted by Gasteiger charge is -2.16. The number of pyridine rings is 1. The summed E-state index contributed by atoms with van der Waals surface area (Å²) < 4.78 is 39.6. The first-order chi connectivity index (χ1) is 7.41. The number of aromatic nitrogens is 3. The first-order valence-corrected chi connectivity index (χ1v) is 4.81. The number of hydrogen-bond acceptors (Lipinski definition) is 2. The SMILES string of the molecule is CC(C)c1ccc2ncnn2c1C(F)(F)F. The summed E-state index contributed by atoms with van der Waals surface area (Å²) in [4.78, 5) is 3.75. The van der Waals surface area contributed by atoms with Crippen molar-refractivity contribution in [1.82, 2.24) is 14.6 Å². The zero-order chi connectivity index (χ0) is 11.9. The van der Waals surface area contributed by atoms with Crippen LogP contribution in [0.15, 0.2) is 18.5 Å². The molecule has 6 heteroatoms. The molecule has 2 aromatic heterocycles. The van der Waals surface area contributed by atoms with Crippen molar-refractivity contribution in [2.75, 3.05) is 0 Å². The number of alkyl halides is 3. The third kappa shape index (κ3) is 1.64. The van der Waals surface area contributed by atoms with Gasteiger partial charge in [0.1, 0.15) is 6.33 Å². The average Bonchev–Trinajstić information content (AvgIpc) is 2.61. The van der Waals surface area contributed by atoms with Gasteiger partial charge in [-0.15, -0.1) is 0 Å². The monoisotopic (exact) mass is 229 g/mol. The first kappa shape index (κ1) is 10.9. The summed E-state index contributed by atoms with van der Waals surface area (Å²) in [5, 5.41) is 3.61. The largest absolute Gasteiger partial charge is 0.433 e. The van der Waals surface area contributed by atoms with Crippen molar-refractivity contribution in [1.29, 1.82) is 0 Å². The highest BCUT2D eigenvalue weighted by Gasteiger charge is 2.37. The molecule has 0 aliphatic carbocycles. The molecule has 2 rings (SSSR count).